The molecule has 0 spiro atoms. The van der Waals surface area contributed by atoms with E-state index in [4.69, 9.17) is 10.2 Å². The number of rotatable bonds is 30. The topological polar surface area (TPSA) is 74.6 Å². The van der Waals surface area contributed by atoms with Crippen LogP contribution in [0, 0.1) is 23.7 Å². The Bertz CT molecular complexity index is 691. The van der Waals surface area contributed by atoms with Gasteiger partial charge in [0, 0.05) is 25.7 Å². The minimum absolute atomic E-state index is 0.324. The lowest BCUT2D eigenvalue weighted by molar-refractivity contribution is -0.138. The molecule has 2 N–H and O–H groups in total. The van der Waals surface area contributed by atoms with E-state index < -0.39 is 11.9 Å². The maximum absolute atomic E-state index is 10.5. The van der Waals surface area contributed by atoms with Gasteiger partial charge in [-0.25, -0.2) is 0 Å². The highest BCUT2D eigenvalue weighted by molar-refractivity contribution is 5.66. The van der Waals surface area contributed by atoms with Crippen LogP contribution in [0.3, 0.4) is 0 Å². The average molecular weight is 559 g/mol. The summed E-state index contributed by atoms with van der Waals surface area (Å²) < 4.78 is 0. The van der Waals surface area contributed by atoms with Crippen LogP contribution in [0.15, 0.2) is 0 Å². The Hall–Kier alpha value is -1.94. The van der Waals surface area contributed by atoms with Crippen LogP contribution in [0.25, 0.3) is 0 Å². The molecule has 0 amide bonds. The zero-order valence-corrected chi connectivity index (χ0v) is 25.9. The molecule has 40 heavy (non-hydrogen) atoms. The second-order valence-electron chi connectivity index (χ2n) is 11.6. The maximum Gasteiger partial charge on any atom is 0.303 e. The number of carboxylic acids is 2. The molecule has 0 aliphatic heterocycles. The molecule has 4 nitrogen and oxygen atoms in total. The van der Waals surface area contributed by atoms with E-state index in [1.54, 1.807) is 0 Å². The van der Waals surface area contributed by atoms with Gasteiger partial charge in [0.2, 0.25) is 0 Å². The molecule has 0 rings (SSSR count). The van der Waals surface area contributed by atoms with Crippen molar-refractivity contribution in [2.75, 3.05) is 0 Å². The van der Waals surface area contributed by atoms with Crippen molar-refractivity contribution in [3.8, 4) is 23.7 Å². The van der Waals surface area contributed by atoms with E-state index in [0.717, 1.165) is 38.5 Å². The van der Waals surface area contributed by atoms with E-state index in [0.29, 0.717) is 12.8 Å². The SMILES string of the molecule is O=C(O)CCCCCCCCCCCCCCC#CC#CCCCCCCCCCCCCCCCCC(=O)O. The molecule has 0 bridgehead atoms. The summed E-state index contributed by atoms with van der Waals surface area (Å²) in [7, 11) is 0. The number of carbonyl (C=O) groups is 2. The Balaban J connectivity index is 3.22. The third-order valence-corrected chi connectivity index (χ3v) is 7.62. The molecule has 0 heterocycles. The van der Waals surface area contributed by atoms with Crippen molar-refractivity contribution in [2.24, 2.45) is 0 Å². The summed E-state index contributed by atoms with van der Waals surface area (Å²) in [5.74, 6) is 11.2. The smallest absolute Gasteiger partial charge is 0.303 e. The Morgan fingerprint density at radius 3 is 0.750 bits per heavy atom. The largest absolute Gasteiger partial charge is 0.481 e. The third-order valence-electron chi connectivity index (χ3n) is 7.62. The Kier molecular flexibility index (Phi) is 31.7. The van der Waals surface area contributed by atoms with Gasteiger partial charge in [-0.05, 0) is 37.5 Å². The molecule has 0 unspecified atom stereocenters. The first-order valence-corrected chi connectivity index (χ1v) is 17.0. The molecule has 0 saturated carbocycles. The summed E-state index contributed by atoms with van der Waals surface area (Å²) in [4.78, 5) is 20.9. The third kappa shape index (κ3) is 36.1. The van der Waals surface area contributed by atoms with Crippen molar-refractivity contribution in [3.05, 3.63) is 0 Å². The molecule has 0 aliphatic carbocycles. The Morgan fingerprint density at radius 1 is 0.325 bits per heavy atom. The predicted octanol–water partition coefficient (Wildman–Crippen LogP) is 10.9. The lowest BCUT2D eigenvalue weighted by Gasteiger charge is -2.03. The molecule has 0 aromatic rings. The van der Waals surface area contributed by atoms with Gasteiger partial charge in [-0.15, -0.1) is 0 Å². The summed E-state index contributed by atoms with van der Waals surface area (Å²) in [5, 5.41) is 17.2. The van der Waals surface area contributed by atoms with Gasteiger partial charge < -0.3 is 10.2 Å². The highest BCUT2D eigenvalue weighted by Gasteiger charge is 1.98. The fourth-order valence-electron chi connectivity index (χ4n) is 5.08. The molecule has 0 fully saturated rings. The summed E-state index contributed by atoms with van der Waals surface area (Å²) in [5.41, 5.74) is 0. The van der Waals surface area contributed by atoms with Crippen LogP contribution in [-0.2, 0) is 9.59 Å². The first kappa shape index (κ1) is 38.1. The molecular formula is C36H62O4. The van der Waals surface area contributed by atoms with Gasteiger partial charge in [0.15, 0.2) is 0 Å². The molecular weight excluding hydrogens is 496 g/mol. The van der Waals surface area contributed by atoms with Gasteiger partial charge in [-0.3, -0.25) is 9.59 Å². The van der Waals surface area contributed by atoms with E-state index in [1.165, 1.54) is 141 Å². The molecule has 0 aliphatic rings. The average Bonchev–Trinajstić information content (AvgIpc) is 2.93. The summed E-state index contributed by atoms with van der Waals surface area (Å²) >= 11 is 0. The van der Waals surface area contributed by atoms with Crippen molar-refractivity contribution in [2.45, 2.75) is 193 Å². The van der Waals surface area contributed by atoms with Crippen LogP contribution in [0.5, 0.6) is 0 Å². The van der Waals surface area contributed by atoms with E-state index >= 15 is 0 Å². The van der Waals surface area contributed by atoms with E-state index in [9.17, 15) is 9.59 Å². The van der Waals surface area contributed by atoms with E-state index in [-0.39, 0.29) is 0 Å². The highest BCUT2D eigenvalue weighted by Crippen LogP contribution is 2.14. The van der Waals surface area contributed by atoms with Gasteiger partial charge in [0.05, 0.1) is 0 Å². The molecule has 0 saturated heterocycles. The second kappa shape index (κ2) is 33.3. The number of unbranched alkanes of at least 4 members (excludes halogenated alkanes) is 26. The van der Waals surface area contributed by atoms with Crippen molar-refractivity contribution in [1.29, 1.82) is 0 Å². The van der Waals surface area contributed by atoms with Crippen LogP contribution >= 0.6 is 0 Å². The van der Waals surface area contributed by atoms with Gasteiger partial charge in [0.1, 0.15) is 0 Å². The minimum atomic E-state index is -0.667. The molecule has 4 heteroatoms. The summed E-state index contributed by atoms with van der Waals surface area (Å²) in [6.07, 6.45) is 35.0. The molecule has 0 radical (unpaired) electrons. The molecule has 0 aromatic carbocycles. The van der Waals surface area contributed by atoms with Crippen molar-refractivity contribution in [1.82, 2.24) is 0 Å². The molecule has 0 aromatic heterocycles. The first-order valence-electron chi connectivity index (χ1n) is 17.0. The second-order valence-corrected chi connectivity index (χ2v) is 11.6. The van der Waals surface area contributed by atoms with Gasteiger partial charge in [-0.1, -0.05) is 153 Å². The van der Waals surface area contributed by atoms with Crippen LogP contribution in [-0.4, -0.2) is 22.2 Å². The van der Waals surface area contributed by atoms with Crippen molar-refractivity contribution >= 4 is 11.9 Å². The summed E-state index contributed by atoms with van der Waals surface area (Å²) in [6, 6.07) is 0. The first-order chi connectivity index (χ1) is 19.6. The minimum Gasteiger partial charge on any atom is -0.481 e. The molecule has 0 atom stereocenters. The monoisotopic (exact) mass is 558 g/mol. The quantitative estimate of drug-likeness (QED) is 0.0679. The van der Waals surface area contributed by atoms with Crippen LogP contribution in [0.2, 0.25) is 0 Å². The highest BCUT2D eigenvalue weighted by atomic mass is 16.4. The standard InChI is InChI=1S/C36H62O4/c37-35(38)33-31-29-27-25-23-21-19-17-15-13-11-9-7-5-3-1-2-4-6-8-10-12-14-16-18-20-22-24-26-28-30-32-34-36(39)40/h3,5,7-34H2,(H,37,38)(H,39,40). The number of aliphatic carboxylic acids is 2. The fourth-order valence-corrected chi connectivity index (χ4v) is 5.08. The van der Waals surface area contributed by atoms with Crippen molar-refractivity contribution < 1.29 is 19.8 Å². The summed E-state index contributed by atoms with van der Waals surface area (Å²) in [6.45, 7) is 0. The van der Waals surface area contributed by atoms with Crippen LogP contribution in [0.4, 0.5) is 0 Å². The van der Waals surface area contributed by atoms with E-state index in [1.807, 2.05) is 0 Å². The van der Waals surface area contributed by atoms with Gasteiger partial charge >= 0.3 is 11.9 Å². The fraction of sp³-hybridized carbons (Fsp3) is 0.833. The number of hydrogen-bond acceptors (Lipinski definition) is 2. The zero-order chi connectivity index (χ0) is 29.2. The predicted molar refractivity (Wildman–Crippen MR) is 169 cm³/mol. The maximum atomic E-state index is 10.5. The van der Waals surface area contributed by atoms with E-state index in [2.05, 4.69) is 23.7 Å². The van der Waals surface area contributed by atoms with Crippen molar-refractivity contribution in [3.63, 3.8) is 0 Å². The Morgan fingerprint density at radius 2 is 0.525 bits per heavy atom. The lowest BCUT2D eigenvalue weighted by atomic mass is 10.0. The van der Waals surface area contributed by atoms with Gasteiger partial charge in [-0.2, -0.15) is 0 Å². The Labute approximate surface area is 247 Å². The lowest BCUT2D eigenvalue weighted by Crippen LogP contribution is -1.93. The normalized spacial score (nSPS) is 10.5. The van der Waals surface area contributed by atoms with Gasteiger partial charge in [0.25, 0.3) is 0 Å². The number of carboxylic acid groups (broad SMARTS) is 2. The molecule has 230 valence electrons. The number of hydrogen-bond donors (Lipinski definition) is 2. The van der Waals surface area contributed by atoms with Crippen LogP contribution < -0.4 is 0 Å². The van der Waals surface area contributed by atoms with Crippen LogP contribution in [0.1, 0.15) is 193 Å². The zero-order valence-electron chi connectivity index (χ0n) is 25.9.